The Bertz CT molecular complexity index is 632. The lowest BCUT2D eigenvalue weighted by atomic mass is 10.0. The molecule has 0 unspecified atom stereocenters. The van der Waals surface area contributed by atoms with Gasteiger partial charge in [-0.05, 0) is 17.7 Å². The van der Waals surface area contributed by atoms with Crippen LogP contribution < -0.4 is 0 Å². The summed E-state index contributed by atoms with van der Waals surface area (Å²) in [5, 5.41) is 8.19. The molecule has 0 heterocycles. The van der Waals surface area contributed by atoms with Gasteiger partial charge in [-0.2, -0.15) is 5.26 Å². The third-order valence-corrected chi connectivity index (χ3v) is 5.37. The minimum absolute atomic E-state index is 0.464. The Hall–Kier alpha value is -1.19. The number of sulfone groups is 1. The van der Waals surface area contributed by atoms with E-state index in [9.17, 15) is 13.2 Å². The van der Waals surface area contributed by atoms with Crippen molar-refractivity contribution in [1.82, 2.24) is 0 Å². The topological polar surface area (TPSA) is 75.0 Å². The van der Waals surface area contributed by atoms with Gasteiger partial charge in [0.25, 0.3) is 0 Å². The highest BCUT2D eigenvalue weighted by Crippen LogP contribution is 2.61. The second kappa shape index (κ2) is 4.18. The van der Waals surface area contributed by atoms with E-state index in [0.717, 1.165) is 10.7 Å². The number of aldehydes is 1. The summed E-state index contributed by atoms with van der Waals surface area (Å²) in [6, 6.07) is 8.85. The Morgan fingerprint density at radius 1 is 1.39 bits per heavy atom. The lowest BCUT2D eigenvalue weighted by Gasteiger charge is -1.99. The number of carbonyl (C=O) groups is 1. The first kappa shape index (κ1) is 13.2. The first-order valence-electron chi connectivity index (χ1n) is 5.18. The molecule has 0 bridgehead atoms. The van der Waals surface area contributed by atoms with Gasteiger partial charge in [-0.1, -0.05) is 28.1 Å². The van der Waals surface area contributed by atoms with Crippen molar-refractivity contribution in [2.24, 2.45) is 5.41 Å². The number of hydrogen-bond acceptors (Lipinski definition) is 4. The third-order valence-electron chi connectivity index (χ3n) is 3.26. The molecule has 0 spiro atoms. The standard InChI is InChI=1S/C12H10BrNO3S/c1-18(16,17)11-10(12(11,6-14)7-15)8-2-4-9(13)5-3-8/h2-5,7,10-11H,1H3/t10-,11-,12-/m0/s1. The van der Waals surface area contributed by atoms with Crippen molar-refractivity contribution in [3.8, 4) is 6.07 Å². The van der Waals surface area contributed by atoms with Crippen LogP contribution in [0.15, 0.2) is 28.7 Å². The molecule has 2 rings (SSSR count). The van der Waals surface area contributed by atoms with Crippen molar-refractivity contribution in [1.29, 1.82) is 5.26 Å². The molecule has 6 heteroatoms. The molecule has 0 N–H and O–H groups in total. The maximum absolute atomic E-state index is 11.7. The van der Waals surface area contributed by atoms with Gasteiger partial charge < -0.3 is 4.79 Å². The molecule has 3 atom stereocenters. The van der Waals surface area contributed by atoms with Crippen molar-refractivity contribution in [2.45, 2.75) is 11.2 Å². The van der Waals surface area contributed by atoms with E-state index in [1.54, 1.807) is 24.3 Å². The molecule has 1 aliphatic rings. The van der Waals surface area contributed by atoms with E-state index in [0.29, 0.717) is 11.8 Å². The summed E-state index contributed by atoms with van der Waals surface area (Å²) in [5.74, 6) is -0.567. The molecule has 0 aliphatic heterocycles. The Labute approximate surface area is 114 Å². The molecule has 94 valence electrons. The molecule has 0 amide bonds. The molecule has 4 nitrogen and oxygen atoms in total. The van der Waals surface area contributed by atoms with Crippen LogP contribution in [0.3, 0.4) is 0 Å². The van der Waals surface area contributed by atoms with E-state index in [-0.39, 0.29) is 0 Å². The van der Waals surface area contributed by atoms with Crippen LogP contribution in [0.5, 0.6) is 0 Å². The average molecular weight is 328 g/mol. The number of carbonyl (C=O) groups excluding carboxylic acids is 1. The largest absolute Gasteiger partial charge is 0.302 e. The van der Waals surface area contributed by atoms with Gasteiger partial charge in [0.2, 0.25) is 0 Å². The van der Waals surface area contributed by atoms with Crippen LogP contribution in [0.4, 0.5) is 0 Å². The molecular formula is C12H10BrNO3S. The molecule has 18 heavy (non-hydrogen) atoms. The summed E-state index contributed by atoms with van der Waals surface area (Å²) in [6.07, 6.45) is 1.53. The van der Waals surface area contributed by atoms with Crippen LogP contribution in [0.25, 0.3) is 0 Å². The molecule has 1 aromatic rings. The van der Waals surface area contributed by atoms with Crippen LogP contribution in [0, 0.1) is 16.7 Å². The van der Waals surface area contributed by atoms with E-state index in [1.165, 1.54) is 0 Å². The lowest BCUT2D eigenvalue weighted by molar-refractivity contribution is -0.110. The van der Waals surface area contributed by atoms with Crippen molar-refractivity contribution < 1.29 is 13.2 Å². The second-order valence-electron chi connectivity index (χ2n) is 4.44. The van der Waals surface area contributed by atoms with Crippen LogP contribution in [0.1, 0.15) is 11.5 Å². The maximum atomic E-state index is 11.7. The Balaban J connectivity index is 2.49. The maximum Gasteiger partial charge on any atom is 0.153 e. The molecule has 1 aromatic carbocycles. The van der Waals surface area contributed by atoms with Crippen LogP contribution >= 0.6 is 15.9 Å². The van der Waals surface area contributed by atoms with Gasteiger partial charge in [-0.25, -0.2) is 8.42 Å². The predicted molar refractivity (Wildman–Crippen MR) is 69.6 cm³/mol. The van der Waals surface area contributed by atoms with Gasteiger partial charge in [-0.15, -0.1) is 0 Å². The van der Waals surface area contributed by atoms with Crippen LogP contribution in [0.2, 0.25) is 0 Å². The Morgan fingerprint density at radius 3 is 2.28 bits per heavy atom. The first-order chi connectivity index (χ1) is 8.36. The zero-order valence-electron chi connectivity index (χ0n) is 9.50. The minimum atomic E-state index is -3.43. The average Bonchev–Trinajstić information content (AvgIpc) is 3.00. The third kappa shape index (κ3) is 1.88. The molecule has 0 radical (unpaired) electrons. The highest BCUT2D eigenvalue weighted by atomic mass is 79.9. The van der Waals surface area contributed by atoms with E-state index in [2.05, 4.69) is 15.9 Å². The molecule has 0 aromatic heterocycles. The van der Waals surface area contributed by atoms with Gasteiger partial charge in [0.1, 0.15) is 11.7 Å². The van der Waals surface area contributed by atoms with E-state index < -0.39 is 26.4 Å². The van der Waals surface area contributed by atoms with Crippen molar-refractivity contribution >= 4 is 32.1 Å². The minimum Gasteiger partial charge on any atom is -0.302 e. The number of halogens is 1. The SMILES string of the molecule is CS(=O)(=O)[C@H]1[C@H](c2ccc(Br)cc2)[C@]1(C#N)C=O. The monoisotopic (exact) mass is 327 g/mol. The molecule has 0 saturated heterocycles. The van der Waals surface area contributed by atoms with Crippen molar-refractivity contribution in [3.63, 3.8) is 0 Å². The molecular weight excluding hydrogens is 318 g/mol. The summed E-state index contributed by atoms with van der Waals surface area (Å²) >= 11 is 3.28. The highest BCUT2D eigenvalue weighted by Gasteiger charge is 2.71. The van der Waals surface area contributed by atoms with Gasteiger partial charge in [0.05, 0.1) is 11.3 Å². The van der Waals surface area contributed by atoms with Crippen molar-refractivity contribution in [2.75, 3.05) is 6.26 Å². The summed E-state index contributed by atoms with van der Waals surface area (Å²) in [4.78, 5) is 11.1. The summed E-state index contributed by atoms with van der Waals surface area (Å²) in [6.45, 7) is 0. The van der Waals surface area contributed by atoms with Gasteiger partial charge in [0.15, 0.2) is 9.84 Å². The number of benzene rings is 1. The van der Waals surface area contributed by atoms with E-state index in [4.69, 9.17) is 5.26 Å². The predicted octanol–water partition coefficient (Wildman–Crippen LogP) is 1.67. The summed E-state index contributed by atoms with van der Waals surface area (Å²) in [7, 11) is -3.43. The molecule has 1 aliphatic carbocycles. The van der Waals surface area contributed by atoms with Crippen LogP contribution in [-0.2, 0) is 14.6 Å². The number of nitriles is 1. The van der Waals surface area contributed by atoms with Crippen molar-refractivity contribution in [3.05, 3.63) is 34.3 Å². The number of rotatable bonds is 3. The Kier molecular flexibility index (Phi) is 3.07. The fourth-order valence-electron chi connectivity index (χ4n) is 2.40. The Morgan fingerprint density at radius 2 is 1.94 bits per heavy atom. The van der Waals surface area contributed by atoms with Gasteiger partial charge >= 0.3 is 0 Å². The zero-order chi connectivity index (χ0) is 13.6. The zero-order valence-corrected chi connectivity index (χ0v) is 11.9. The summed E-state index contributed by atoms with van der Waals surface area (Å²) < 4.78 is 24.2. The van der Waals surface area contributed by atoms with E-state index in [1.807, 2.05) is 6.07 Å². The van der Waals surface area contributed by atoms with E-state index >= 15 is 0 Å². The van der Waals surface area contributed by atoms with Crippen LogP contribution in [-0.4, -0.2) is 26.2 Å². The first-order valence-corrected chi connectivity index (χ1v) is 7.93. The fraction of sp³-hybridized carbons (Fsp3) is 0.333. The van der Waals surface area contributed by atoms with Gasteiger partial charge in [0, 0.05) is 16.6 Å². The highest BCUT2D eigenvalue weighted by molar-refractivity contribution is 9.10. The van der Waals surface area contributed by atoms with Gasteiger partial charge in [-0.3, -0.25) is 0 Å². The molecule has 1 saturated carbocycles. The molecule has 1 fully saturated rings. The lowest BCUT2D eigenvalue weighted by Crippen LogP contribution is -2.14. The summed E-state index contributed by atoms with van der Waals surface area (Å²) in [5.41, 5.74) is -0.733. The number of hydrogen-bond donors (Lipinski definition) is 0. The number of nitrogens with zero attached hydrogens (tertiary/aromatic N) is 1. The normalized spacial score (nSPS) is 30.5. The fourth-order valence-corrected chi connectivity index (χ4v) is 4.42. The smallest absolute Gasteiger partial charge is 0.153 e. The quantitative estimate of drug-likeness (QED) is 0.791. The second-order valence-corrected chi connectivity index (χ2v) is 7.52.